The van der Waals surface area contributed by atoms with E-state index >= 15 is 0 Å². The lowest BCUT2D eigenvalue weighted by Gasteiger charge is -2.30. The highest BCUT2D eigenvalue weighted by Crippen LogP contribution is 2.32. The molecule has 2 heterocycles. The van der Waals surface area contributed by atoms with Crippen LogP contribution in [0.2, 0.25) is 0 Å². The molecule has 1 fully saturated rings. The summed E-state index contributed by atoms with van der Waals surface area (Å²) >= 11 is 3.38. The summed E-state index contributed by atoms with van der Waals surface area (Å²) in [5.74, 6) is 0. The van der Waals surface area contributed by atoms with Crippen molar-refractivity contribution < 1.29 is 9.53 Å². The number of hydrogen-bond donors (Lipinski definition) is 2. The Morgan fingerprint density at radius 1 is 1.00 bits per heavy atom. The number of amides is 2. The van der Waals surface area contributed by atoms with Crippen LogP contribution in [0.3, 0.4) is 0 Å². The number of carbonyl (C=O) groups is 1. The number of carbonyl (C=O) groups excluding carboxylic acids is 1. The molecule has 29 heavy (non-hydrogen) atoms. The zero-order chi connectivity index (χ0) is 20.5. The van der Waals surface area contributed by atoms with E-state index in [1.165, 1.54) is 0 Å². The molecular weight excluding hydrogens is 438 g/mol. The van der Waals surface area contributed by atoms with Crippen LogP contribution in [-0.4, -0.2) is 41.5 Å². The van der Waals surface area contributed by atoms with Gasteiger partial charge in [-0.2, -0.15) is 0 Å². The monoisotopic (exact) mass is 459 g/mol. The van der Waals surface area contributed by atoms with Crippen LogP contribution in [0.4, 0.5) is 21.9 Å². The van der Waals surface area contributed by atoms with Gasteiger partial charge in [-0.1, -0.05) is 15.9 Å². The van der Waals surface area contributed by atoms with Gasteiger partial charge in [-0.3, -0.25) is 9.13 Å². The number of fused-ring (bicyclic) bond motifs is 1. The number of aromatic nitrogens is 2. The molecule has 1 aliphatic rings. The fourth-order valence-corrected chi connectivity index (χ4v) is 3.78. The summed E-state index contributed by atoms with van der Waals surface area (Å²) in [6.45, 7) is 2.68. The van der Waals surface area contributed by atoms with Crippen molar-refractivity contribution in [1.82, 2.24) is 9.13 Å². The van der Waals surface area contributed by atoms with E-state index < -0.39 is 0 Å². The van der Waals surface area contributed by atoms with Crippen LogP contribution in [0, 0.1) is 0 Å². The molecule has 0 spiro atoms. The van der Waals surface area contributed by atoms with E-state index in [9.17, 15) is 9.59 Å². The van der Waals surface area contributed by atoms with Crippen LogP contribution < -0.4 is 21.2 Å². The van der Waals surface area contributed by atoms with E-state index in [0.717, 1.165) is 34.3 Å². The molecule has 2 N–H and O–H groups in total. The summed E-state index contributed by atoms with van der Waals surface area (Å²) in [7, 11) is 3.48. The van der Waals surface area contributed by atoms with Crippen LogP contribution in [0.5, 0.6) is 0 Å². The first-order valence-electron chi connectivity index (χ1n) is 9.30. The van der Waals surface area contributed by atoms with E-state index in [1.54, 1.807) is 23.2 Å². The lowest BCUT2D eigenvalue weighted by Crippen LogP contribution is -2.37. The number of nitrogens with zero attached hydrogens (tertiary/aromatic N) is 3. The Balaban J connectivity index is 1.70. The maximum absolute atomic E-state index is 12.6. The van der Waals surface area contributed by atoms with Gasteiger partial charge < -0.3 is 20.3 Å². The Morgan fingerprint density at radius 2 is 1.62 bits per heavy atom. The highest BCUT2D eigenvalue weighted by atomic mass is 79.9. The van der Waals surface area contributed by atoms with Gasteiger partial charge in [0.05, 0.1) is 35.6 Å². The molecule has 9 heteroatoms. The molecule has 2 amide bonds. The second kappa shape index (κ2) is 7.92. The number of benzene rings is 2. The topological polar surface area (TPSA) is 80.5 Å². The molecule has 0 atom stereocenters. The average molecular weight is 460 g/mol. The number of imidazole rings is 1. The number of anilines is 3. The Bertz CT molecular complexity index is 1110. The lowest BCUT2D eigenvalue weighted by molar-refractivity contribution is 0.123. The third-order valence-electron chi connectivity index (χ3n) is 5.09. The van der Waals surface area contributed by atoms with Gasteiger partial charge in [0.15, 0.2) is 0 Å². The number of aryl methyl sites for hydroxylation is 2. The highest BCUT2D eigenvalue weighted by molar-refractivity contribution is 9.10. The van der Waals surface area contributed by atoms with Gasteiger partial charge in [0.2, 0.25) is 0 Å². The number of urea groups is 1. The van der Waals surface area contributed by atoms with E-state index in [2.05, 4.69) is 31.5 Å². The molecule has 1 saturated heterocycles. The van der Waals surface area contributed by atoms with E-state index in [-0.39, 0.29) is 11.7 Å². The van der Waals surface area contributed by atoms with Gasteiger partial charge in [-0.15, -0.1) is 0 Å². The number of ether oxygens (including phenoxy) is 1. The third-order valence-corrected chi connectivity index (χ3v) is 5.62. The summed E-state index contributed by atoms with van der Waals surface area (Å²) in [6, 6.07) is 10.8. The summed E-state index contributed by atoms with van der Waals surface area (Å²) in [4.78, 5) is 27.2. The fourth-order valence-electron chi connectivity index (χ4n) is 3.52. The van der Waals surface area contributed by atoms with Crippen molar-refractivity contribution >= 4 is 50.1 Å². The Morgan fingerprint density at radius 3 is 2.28 bits per heavy atom. The normalized spacial score (nSPS) is 14.2. The Kier molecular flexibility index (Phi) is 5.33. The van der Waals surface area contributed by atoms with Crippen molar-refractivity contribution in [2.24, 2.45) is 14.1 Å². The molecule has 4 rings (SSSR count). The minimum atomic E-state index is -0.345. The molecule has 8 nitrogen and oxygen atoms in total. The van der Waals surface area contributed by atoms with Gasteiger partial charge in [0.1, 0.15) is 0 Å². The van der Waals surface area contributed by atoms with Gasteiger partial charge >= 0.3 is 11.7 Å². The van der Waals surface area contributed by atoms with Crippen LogP contribution in [0.1, 0.15) is 0 Å². The number of hydrogen-bond acceptors (Lipinski definition) is 4. The van der Waals surface area contributed by atoms with Gasteiger partial charge in [0, 0.05) is 37.3 Å². The quantitative estimate of drug-likeness (QED) is 0.630. The molecular formula is C20H22BrN5O3. The zero-order valence-corrected chi connectivity index (χ0v) is 17.8. The summed E-state index contributed by atoms with van der Waals surface area (Å²) in [5, 5.41) is 5.79. The fraction of sp³-hybridized carbons (Fsp3) is 0.300. The first-order chi connectivity index (χ1) is 13.9. The van der Waals surface area contributed by atoms with E-state index in [4.69, 9.17) is 4.74 Å². The van der Waals surface area contributed by atoms with Crippen molar-refractivity contribution in [2.75, 3.05) is 41.8 Å². The van der Waals surface area contributed by atoms with E-state index in [1.807, 2.05) is 36.4 Å². The summed E-state index contributed by atoms with van der Waals surface area (Å²) in [6.07, 6.45) is 0. The van der Waals surface area contributed by atoms with Gasteiger partial charge in [-0.05, 0) is 36.4 Å². The first kappa shape index (κ1) is 19.5. The third kappa shape index (κ3) is 3.88. The molecule has 0 radical (unpaired) electrons. The standard InChI is InChI=1S/C20H22BrN5O3/c1-24-17-11-15(23-19(27)22-14-5-3-13(21)4-6-14)16(26-7-9-29-10-8-26)12-18(17)25(2)20(24)28/h3-6,11-12H,7-10H2,1-2H3,(H2,22,23,27). The molecule has 0 saturated carbocycles. The molecule has 152 valence electrons. The predicted octanol–water partition coefficient (Wildman–Crippen LogP) is 3.12. The molecule has 0 unspecified atom stereocenters. The molecule has 3 aromatic rings. The Labute approximate surface area is 176 Å². The SMILES string of the molecule is Cn1c(=O)n(C)c2cc(N3CCOCC3)c(NC(=O)Nc3ccc(Br)cc3)cc21. The minimum absolute atomic E-state index is 0.107. The molecule has 1 aliphatic heterocycles. The number of rotatable bonds is 3. The van der Waals surface area contributed by atoms with Crippen molar-refractivity contribution in [3.63, 3.8) is 0 Å². The number of morpholine rings is 1. The van der Waals surface area contributed by atoms with Crippen molar-refractivity contribution in [2.45, 2.75) is 0 Å². The molecule has 0 bridgehead atoms. The minimum Gasteiger partial charge on any atom is -0.378 e. The number of nitrogens with one attached hydrogen (secondary N) is 2. The Hall–Kier alpha value is -2.78. The van der Waals surface area contributed by atoms with Crippen LogP contribution in [-0.2, 0) is 18.8 Å². The zero-order valence-electron chi connectivity index (χ0n) is 16.2. The van der Waals surface area contributed by atoms with Gasteiger partial charge in [0.25, 0.3) is 0 Å². The average Bonchev–Trinajstić information content (AvgIpc) is 2.93. The molecule has 1 aromatic heterocycles. The largest absolute Gasteiger partial charge is 0.378 e. The predicted molar refractivity (Wildman–Crippen MR) is 118 cm³/mol. The van der Waals surface area contributed by atoms with Crippen LogP contribution in [0.25, 0.3) is 11.0 Å². The van der Waals surface area contributed by atoms with Crippen LogP contribution >= 0.6 is 15.9 Å². The maximum Gasteiger partial charge on any atom is 0.328 e. The summed E-state index contributed by atoms with van der Waals surface area (Å²) < 4.78 is 9.59. The van der Waals surface area contributed by atoms with Crippen LogP contribution in [0.15, 0.2) is 45.7 Å². The second-order valence-corrected chi connectivity index (χ2v) is 7.86. The van der Waals surface area contributed by atoms with Crippen molar-refractivity contribution in [3.8, 4) is 0 Å². The van der Waals surface area contributed by atoms with Crippen molar-refractivity contribution in [1.29, 1.82) is 0 Å². The smallest absolute Gasteiger partial charge is 0.328 e. The second-order valence-electron chi connectivity index (χ2n) is 6.94. The highest BCUT2D eigenvalue weighted by Gasteiger charge is 2.20. The molecule has 2 aromatic carbocycles. The van der Waals surface area contributed by atoms with Gasteiger partial charge in [-0.25, -0.2) is 9.59 Å². The summed E-state index contributed by atoms with van der Waals surface area (Å²) in [5.41, 5.74) is 3.67. The van der Waals surface area contributed by atoms with Crippen molar-refractivity contribution in [3.05, 3.63) is 51.4 Å². The number of halogens is 1. The maximum atomic E-state index is 12.6. The first-order valence-corrected chi connectivity index (χ1v) is 10.1. The molecule has 0 aliphatic carbocycles. The van der Waals surface area contributed by atoms with E-state index in [0.29, 0.717) is 24.6 Å². The lowest BCUT2D eigenvalue weighted by atomic mass is 10.2.